The van der Waals surface area contributed by atoms with Crippen molar-refractivity contribution in [3.05, 3.63) is 94.9 Å². The number of halogens is 6. The maximum absolute atomic E-state index is 14.7. The van der Waals surface area contributed by atoms with Gasteiger partial charge in [-0.3, -0.25) is 9.59 Å². The van der Waals surface area contributed by atoms with Gasteiger partial charge in [-0.15, -0.1) is 0 Å². The molecule has 41 heavy (non-hydrogen) atoms. The molecule has 2 unspecified atom stereocenters. The predicted molar refractivity (Wildman–Crippen MR) is 140 cm³/mol. The minimum absolute atomic E-state index is 0.00476. The molecule has 0 fully saturated rings. The molecule has 0 bridgehead atoms. The van der Waals surface area contributed by atoms with Crippen LogP contribution in [0.15, 0.2) is 67.0 Å². The zero-order valence-electron chi connectivity index (χ0n) is 22.5. The Hall–Kier alpha value is -4.02. The third-order valence-corrected chi connectivity index (χ3v) is 7.38. The Morgan fingerprint density at radius 3 is 2.15 bits per heavy atom. The van der Waals surface area contributed by atoms with Crippen molar-refractivity contribution in [3.63, 3.8) is 0 Å². The van der Waals surface area contributed by atoms with Crippen LogP contribution in [0.5, 0.6) is 0 Å². The van der Waals surface area contributed by atoms with E-state index < -0.39 is 52.1 Å². The number of ether oxygens (including phenoxy) is 1. The third-order valence-electron chi connectivity index (χ3n) is 7.38. The molecule has 0 aliphatic rings. The molecule has 0 aliphatic carbocycles. The van der Waals surface area contributed by atoms with Crippen LogP contribution >= 0.6 is 0 Å². The summed E-state index contributed by atoms with van der Waals surface area (Å²) in [6.07, 6.45) is -7.17. The maximum atomic E-state index is 14.7. The van der Waals surface area contributed by atoms with Gasteiger partial charge < -0.3 is 14.3 Å². The fourth-order valence-electron chi connectivity index (χ4n) is 5.47. The second-order valence-electron chi connectivity index (χ2n) is 9.93. The molecule has 2 aromatic heterocycles. The van der Waals surface area contributed by atoms with Gasteiger partial charge in [0.25, 0.3) is 0 Å². The van der Waals surface area contributed by atoms with Crippen molar-refractivity contribution in [1.82, 2.24) is 9.55 Å². The van der Waals surface area contributed by atoms with E-state index in [0.29, 0.717) is 28.6 Å². The van der Waals surface area contributed by atoms with E-state index in [4.69, 9.17) is 4.74 Å². The molecule has 0 radical (unpaired) electrons. The molecule has 4 rings (SSSR count). The topological polar surface area (TPSA) is 64.1 Å². The van der Waals surface area contributed by atoms with Gasteiger partial charge in [-0.2, -0.15) is 26.3 Å². The Labute approximate surface area is 232 Å². The number of ketones is 1. The molecule has 0 saturated heterocycles. The number of carbonyl (C=O) groups is 2. The number of H-pyrrole nitrogens is 1. The Balaban J connectivity index is 2.06. The smallest absolute Gasteiger partial charge is 0.416 e. The summed E-state index contributed by atoms with van der Waals surface area (Å²) in [6.45, 7) is 3.41. The van der Waals surface area contributed by atoms with Gasteiger partial charge in [-0.25, -0.2) is 0 Å². The first-order chi connectivity index (χ1) is 19.2. The highest BCUT2D eigenvalue weighted by Crippen LogP contribution is 2.47. The predicted octanol–water partition coefficient (Wildman–Crippen LogP) is 7.69. The van der Waals surface area contributed by atoms with Crippen molar-refractivity contribution < 1.29 is 40.7 Å². The third kappa shape index (κ3) is 5.62. The van der Waals surface area contributed by atoms with Crippen LogP contribution in [0.3, 0.4) is 0 Å². The van der Waals surface area contributed by atoms with E-state index in [1.165, 1.54) is 6.20 Å². The Kier molecular flexibility index (Phi) is 8.11. The lowest BCUT2D eigenvalue weighted by molar-refractivity contribution is -0.144. The number of para-hydroxylation sites is 1. The first-order valence-corrected chi connectivity index (χ1v) is 12.9. The van der Waals surface area contributed by atoms with E-state index in [2.05, 4.69) is 4.98 Å². The molecule has 2 atom stereocenters. The molecule has 2 aromatic carbocycles. The van der Waals surface area contributed by atoms with Crippen LogP contribution in [0.1, 0.15) is 59.4 Å². The van der Waals surface area contributed by atoms with Crippen LogP contribution in [0.2, 0.25) is 0 Å². The lowest BCUT2D eigenvalue weighted by atomic mass is 9.63. The van der Waals surface area contributed by atoms with Gasteiger partial charge in [-0.05, 0) is 61.2 Å². The number of aryl methyl sites for hydroxylation is 1. The van der Waals surface area contributed by atoms with Crippen LogP contribution in [0, 0.1) is 5.92 Å². The molecule has 0 saturated carbocycles. The van der Waals surface area contributed by atoms with Gasteiger partial charge in [0.1, 0.15) is 5.41 Å². The lowest BCUT2D eigenvalue weighted by Gasteiger charge is -2.38. The maximum Gasteiger partial charge on any atom is 0.416 e. The number of hydrogen-bond acceptors (Lipinski definition) is 3. The van der Waals surface area contributed by atoms with Crippen LogP contribution < -0.4 is 0 Å². The highest BCUT2D eigenvalue weighted by atomic mass is 19.4. The number of aromatic amines is 1. The van der Waals surface area contributed by atoms with Gasteiger partial charge >= 0.3 is 18.3 Å². The number of carbonyl (C=O) groups excluding carboxylic acids is 2. The van der Waals surface area contributed by atoms with E-state index in [0.717, 1.165) is 0 Å². The van der Waals surface area contributed by atoms with Crippen molar-refractivity contribution in [2.75, 3.05) is 6.61 Å². The van der Waals surface area contributed by atoms with Gasteiger partial charge in [0.15, 0.2) is 5.78 Å². The van der Waals surface area contributed by atoms with Crippen molar-refractivity contribution in [2.45, 2.75) is 44.5 Å². The zero-order valence-corrected chi connectivity index (χ0v) is 22.5. The molecule has 0 amide bonds. The normalized spacial score (nSPS) is 14.6. The summed E-state index contributed by atoms with van der Waals surface area (Å²) in [4.78, 5) is 30.0. The van der Waals surface area contributed by atoms with E-state index in [1.54, 1.807) is 68.1 Å². The van der Waals surface area contributed by atoms with Gasteiger partial charge in [0, 0.05) is 48.0 Å². The zero-order chi connectivity index (χ0) is 30.2. The molecule has 5 nitrogen and oxygen atoms in total. The number of Topliss-reactive ketones (excluding diaryl/α,β-unsaturated/α-hetero) is 1. The average Bonchev–Trinajstić information content (AvgIpc) is 3.56. The number of aromatic nitrogens is 2. The number of fused-ring (bicyclic) bond motifs is 1. The fraction of sp³-hybridized carbons (Fsp3) is 0.333. The summed E-state index contributed by atoms with van der Waals surface area (Å²) in [7, 11) is 1.73. The Bertz CT molecular complexity index is 1520. The number of hydrogen-bond donors (Lipinski definition) is 1. The highest BCUT2D eigenvalue weighted by Gasteiger charge is 2.50. The molecule has 0 aliphatic heterocycles. The Morgan fingerprint density at radius 2 is 1.59 bits per heavy atom. The number of alkyl halides is 6. The summed E-state index contributed by atoms with van der Waals surface area (Å²) in [5.41, 5.74) is -4.39. The molecule has 4 aromatic rings. The summed E-state index contributed by atoms with van der Waals surface area (Å²) < 4.78 is 89.6. The van der Waals surface area contributed by atoms with E-state index in [9.17, 15) is 35.9 Å². The van der Waals surface area contributed by atoms with Gasteiger partial charge in [-0.1, -0.05) is 25.1 Å². The largest absolute Gasteiger partial charge is 0.466 e. The lowest BCUT2D eigenvalue weighted by Crippen LogP contribution is -2.44. The Morgan fingerprint density at radius 1 is 0.951 bits per heavy atom. The number of rotatable bonds is 9. The van der Waals surface area contributed by atoms with Crippen molar-refractivity contribution >= 4 is 22.7 Å². The number of nitrogens with one attached hydrogen (secondary N) is 1. The molecular weight excluding hydrogens is 550 g/mol. The fourth-order valence-corrected chi connectivity index (χ4v) is 5.47. The summed E-state index contributed by atoms with van der Waals surface area (Å²) in [6, 6.07) is 11.1. The molecule has 2 heterocycles. The minimum Gasteiger partial charge on any atom is -0.466 e. The standard InChI is InChI=1S/C30H28F6N2O3/c1-4-41-26(39)12-11-18(2)28(25-10-7-13-37-25,23-17-38(3)24-9-6-5-8-22(23)24)27(40)19-14-20(29(31,32)33)16-21(15-19)30(34,35)36/h5-10,13-18,37H,4,11-12H2,1-3H3. The summed E-state index contributed by atoms with van der Waals surface area (Å²) in [5.74, 6) is -2.29. The summed E-state index contributed by atoms with van der Waals surface area (Å²) in [5, 5.41) is 0.587. The number of nitrogens with zero attached hydrogens (tertiary/aromatic N) is 1. The molecule has 0 spiro atoms. The minimum atomic E-state index is -5.14. The highest BCUT2D eigenvalue weighted by molar-refractivity contribution is 6.09. The van der Waals surface area contributed by atoms with Crippen molar-refractivity contribution in [1.29, 1.82) is 0 Å². The van der Waals surface area contributed by atoms with E-state index in [1.807, 2.05) is 0 Å². The number of esters is 1. The first-order valence-electron chi connectivity index (χ1n) is 12.9. The van der Waals surface area contributed by atoms with Crippen molar-refractivity contribution in [3.8, 4) is 0 Å². The molecule has 1 N–H and O–H groups in total. The quantitative estimate of drug-likeness (QED) is 0.126. The van der Waals surface area contributed by atoms with Crippen LogP contribution in [0.4, 0.5) is 26.3 Å². The SMILES string of the molecule is CCOC(=O)CCC(C)C(C(=O)c1cc(C(F)(F)F)cc(C(F)(F)F)c1)(c1ccc[nH]1)c1cn(C)c2ccccc12. The number of benzene rings is 2. The van der Waals surface area contributed by atoms with Gasteiger partial charge in [0.2, 0.25) is 0 Å². The molecular formula is C30H28F6N2O3. The second-order valence-corrected chi connectivity index (χ2v) is 9.93. The molecule has 218 valence electrons. The van der Waals surface area contributed by atoms with E-state index in [-0.39, 0.29) is 31.2 Å². The van der Waals surface area contributed by atoms with Crippen LogP contribution in [0.25, 0.3) is 10.9 Å². The second kappa shape index (κ2) is 11.1. The average molecular weight is 579 g/mol. The molecule has 11 heteroatoms. The summed E-state index contributed by atoms with van der Waals surface area (Å²) >= 11 is 0. The van der Waals surface area contributed by atoms with Crippen molar-refractivity contribution in [2.24, 2.45) is 13.0 Å². The first kappa shape index (κ1) is 30.0. The van der Waals surface area contributed by atoms with Crippen LogP contribution in [-0.4, -0.2) is 27.9 Å². The monoisotopic (exact) mass is 578 g/mol. The van der Waals surface area contributed by atoms with E-state index >= 15 is 0 Å². The van der Waals surface area contributed by atoms with Gasteiger partial charge in [0.05, 0.1) is 17.7 Å². The van der Waals surface area contributed by atoms with Crippen LogP contribution in [-0.2, 0) is 34.3 Å².